The lowest BCUT2D eigenvalue weighted by Gasteiger charge is -2.14. The minimum Gasteiger partial charge on any atom is -0.394 e. The molecule has 0 amide bonds. The molecule has 0 bridgehead atoms. The summed E-state index contributed by atoms with van der Waals surface area (Å²) in [6.07, 6.45) is -2.83. The number of ether oxygens (including phenoxy) is 1. The van der Waals surface area contributed by atoms with E-state index in [1.165, 1.54) is 22.8 Å². The van der Waals surface area contributed by atoms with Crippen molar-refractivity contribution >= 4 is 22.9 Å². The van der Waals surface area contributed by atoms with E-state index < -0.39 is 31.1 Å². The SMILES string of the molecule is CCSc1ncnc2c1nnn2[C@@H]1O[C@H](CO)[C@@H](O)[C@H]1O. The van der Waals surface area contributed by atoms with E-state index in [1.807, 2.05) is 6.92 Å². The van der Waals surface area contributed by atoms with Gasteiger partial charge in [0, 0.05) is 0 Å². The highest BCUT2D eigenvalue weighted by atomic mass is 32.2. The zero-order valence-corrected chi connectivity index (χ0v) is 12.0. The first-order chi connectivity index (χ1) is 10.2. The highest BCUT2D eigenvalue weighted by molar-refractivity contribution is 7.99. The second-order valence-electron chi connectivity index (χ2n) is 4.55. The Morgan fingerprint density at radius 3 is 2.81 bits per heavy atom. The smallest absolute Gasteiger partial charge is 0.185 e. The molecule has 21 heavy (non-hydrogen) atoms. The van der Waals surface area contributed by atoms with Crippen molar-refractivity contribution in [2.24, 2.45) is 0 Å². The normalized spacial score (nSPS) is 29.3. The van der Waals surface area contributed by atoms with Gasteiger partial charge in [0.15, 0.2) is 17.4 Å². The maximum absolute atomic E-state index is 10.0. The molecule has 0 radical (unpaired) electrons. The fourth-order valence-electron chi connectivity index (χ4n) is 2.24. The van der Waals surface area contributed by atoms with E-state index in [4.69, 9.17) is 9.84 Å². The van der Waals surface area contributed by atoms with Gasteiger partial charge in [0.1, 0.15) is 29.7 Å². The Morgan fingerprint density at radius 2 is 2.14 bits per heavy atom. The first-order valence-corrected chi connectivity index (χ1v) is 7.47. The predicted octanol–water partition coefficient (Wildman–Crippen LogP) is -1.06. The van der Waals surface area contributed by atoms with E-state index in [-0.39, 0.29) is 0 Å². The van der Waals surface area contributed by atoms with Crippen LogP contribution in [0.1, 0.15) is 13.2 Å². The van der Waals surface area contributed by atoms with Crippen molar-refractivity contribution in [2.75, 3.05) is 12.4 Å². The van der Waals surface area contributed by atoms with Crippen molar-refractivity contribution in [3.63, 3.8) is 0 Å². The number of hydrogen-bond donors (Lipinski definition) is 3. The van der Waals surface area contributed by atoms with E-state index in [1.54, 1.807) is 0 Å². The third kappa shape index (κ3) is 2.38. The lowest BCUT2D eigenvalue weighted by molar-refractivity contribution is -0.0574. The van der Waals surface area contributed by atoms with Gasteiger partial charge in [-0.3, -0.25) is 0 Å². The zero-order chi connectivity index (χ0) is 15.0. The number of thioether (sulfide) groups is 1. The summed E-state index contributed by atoms with van der Waals surface area (Å²) in [5, 5.41) is 37.6. The molecule has 1 fully saturated rings. The average Bonchev–Trinajstić information content (AvgIpc) is 3.03. The van der Waals surface area contributed by atoms with Crippen LogP contribution in [0.25, 0.3) is 11.2 Å². The van der Waals surface area contributed by atoms with Crippen LogP contribution < -0.4 is 0 Å². The Hall–Kier alpha value is -1.33. The molecule has 1 aliphatic rings. The molecule has 0 spiro atoms. The van der Waals surface area contributed by atoms with Gasteiger partial charge in [-0.2, -0.15) is 4.68 Å². The molecule has 3 rings (SSSR count). The monoisotopic (exact) mass is 313 g/mol. The molecule has 1 aliphatic heterocycles. The highest BCUT2D eigenvalue weighted by Crippen LogP contribution is 2.31. The van der Waals surface area contributed by atoms with Gasteiger partial charge in [-0.1, -0.05) is 12.1 Å². The quantitative estimate of drug-likeness (QED) is 0.478. The summed E-state index contributed by atoms with van der Waals surface area (Å²) in [4.78, 5) is 8.26. The molecule has 0 aromatic carbocycles. The minimum absolute atomic E-state index is 0.396. The van der Waals surface area contributed by atoms with Crippen LogP contribution in [0.2, 0.25) is 0 Å². The van der Waals surface area contributed by atoms with Crippen LogP contribution in [0.15, 0.2) is 11.4 Å². The van der Waals surface area contributed by atoms with Crippen molar-refractivity contribution in [2.45, 2.75) is 36.5 Å². The van der Waals surface area contributed by atoms with Crippen molar-refractivity contribution in [1.82, 2.24) is 25.0 Å². The van der Waals surface area contributed by atoms with Crippen molar-refractivity contribution in [3.05, 3.63) is 6.33 Å². The van der Waals surface area contributed by atoms with E-state index in [2.05, 4.69) is 20.3 Å². The second-order valence-corrected chi connectivity index (χ2v) is 5.80. The zero-order valence-electron chi connectivity index (χ0n) is 11.2. The number of rotatable bonds is 4. The summed E-state index contributed by atoms with van der Waals surface area (Å²) in [7, 11) is 0. The van der Waals surface area contributed by atoms with Crippen LogP contribution in [0, 0.1) is 0 Å². The number of aliphatic hydroxyl groups is 3. The van der Waals surface area contributed by atoms with E-state index in [9.17, 15) is 10.2 Å². The predicted molar refractivity (Wildman–Crippen MR) is 72.5 cm³/mol. The molecule has 2 aromatic rings. The third-order valence-corrected chi connectivity index (χ3v) is 4.13. The lowest BCUT2D eigenvalue weighted by Crippen LogP contribution is -2.33. The largest absolute Gasteiger partial charge is 0.394 e. The van der Waals surface area contributed by atoms with Crippen LogP contribution in [-0.4, -0.2) is 71.0 Å². The van der Waals surface area contributed by atoms with Gasteiger partial charge in [-0.05, 0) is 5.75 Å². The van der Waals surface area contributed by atoms with Gasteiger partial charge in [-0.15, -0.1) is 16.9 Å². The molecule has 3 heterocycles. The fourth-order valence-corrected chi connectivity index (χ4v) is 2.90. The average molecular weight is 313 g/mol. The lowest BCUT2D eigenvalue weighted by atomic mass is 10.1. The number of hydrogen-bond acceptors (Lipinski definition) is 9. The molecule has 2 aromatic heterocycles. The standard InChI is InChI=1S/C11H15N5O4S/c1-2-21-10-6-9(12-4-13-10)16(15-14-6)11-8(19)7(18)5(3-17)20-11/h4-5,7-8,11,17-19H,2-3H2,1H3/t5-,7-,8-,11-/m1/s1. The van der Waals surface area contributed by atoms with Gasteiger partial charge in [0.05, 0.1) is 6.61 Å². The van der Waals surface area contributed by atoms with Crippen molar-refractivity contribution in [3.8, 4) is 0 Å². The number of aliphatic hydroxyl groups excluding tert-OH is 3. The topological polar surface area (TPSA) is 126 Å². The van der Waals surface area contributed by atoms with E-state index in [0.717, 1.165) is 5.75 Å². The number of aromatic nitrogens is 5. The Labute approximate surface area is 124 Å². The molecular weight excluding hydrogens is 298 g/mol. The second kappa shape index (κ2) is 5.81. The maximum Gasteiger partial charge on any atom is 0.185 e. The van der Waals surface area contributed by atoms with Gasteiger partial charge < -0.3 is 20.1 Å². The van der Waals surface area contributed by atoms with Crippen LogP contribution in [-0.2, 0) is 4.74 Å². The first kappa shape index (κ1) is 14.6. The van der Waals surface area contributed by atoms with Gasteiger partial charge in [-0.25, -0.2) is 9.97 Å². The molecule has 0 aliphatic carbocycles. The van der Waals surface area contributed by atoms with Gasteiger partial charge >= 0.3 is 0 Å². The first-order valence-electron chi connectivity index (χ1n) is 6.48. The fraction of sp³-hybridized carbons (Fsp3) is 0.636. The maximum atomic E-state index is 10.0. The number of nitrogens with zero attached hydrogens (tertiary/aromatic N) is 5. The molecule has 114 valence electrons. The summed E-state index contributed by atoms with van der Waals surface area (Å²) in [5.41, 5.74) is 0.929. The van der Waals surface area contributed by atoms with E-state index in [0.29, 0.717) is 16.2 Å². The molecular formula is C11H15N5O4S. The summed E-state index contributed by atoms with van der Waals surface area (Å²) < 4.78 is 6.74. The van der Waals surface area contributed by atoms with Gasteiger partial charge in [0.25, 0.3) is 0 Å². The van der Waals surface area contributed by atoms with Gasteiger partial charge in [0.2, 0.25) is 0 Å². The molecule has 10 heteroatoms. The van der Waals surface area contributed by atoms with Crippen molar-refractivity contribution in [1.29, 1.82) is 0 Å². The number of fused-ring (bicyclic) bond motifs is 1. The summed E-state index contributed by atoms with van der Waals surface area (Å²) in [6, 6.07) is 0. The summed E-state index contributed by atoms with van der Waals surface area (Å²) >= 11 is 1.51. The molecule has 1 saturated heterocycles. The molecule has 0 unspecified atom stereocenters. The van der Waals surface area contributed by atoms with Crippen LogP contribution >= 0.6 is 11.8 Å². The van der Waals surface area contributed by atoms with Crippen molar-refractivity contribution < 1.29 is 20.1 Å². The third-order valence-electron chi connectivity index (χ3n) is 3.27. The molecule has 3 N–H and O–H groups in total. The van der Waals surface area contributed by atoms with Crippen LogP contribution in [0.4, 0.5) is 0 Å². The molecule has 9 nitrogen and oxygen atoms in total. The highest BCUT2D eigenvalue weighted by Gasteiger charge is 2.44. The molecule has 4 atom stereocenters. The van der Waals surface area contributed by atoms with E-state index >= 15 is 0 Å². The van der Waals surface area contributed by atoms with Crippen LogP contribution in [0.3, 0.4) is 0 Å². The van der Waals surface area contributed by atoms with Crippen LogP contribution in [0.5, 0.6) is 0 Å². The Balaban J connectivity index is 2.00. The summed E-state index contributed by atoms with van der Waals surface area (Å²) in [6.45, 7) is 1.60. The Morgan fingerprint density at radius 1 is 1.33 bits per heavy atom. The Bertz CT molecular complexity index is 638. The minimum atomic E-state index is -1.22. The Kier molecular flexibility index (Phi) is 4.04. The molecule has 0 saturated carbocycles. The summed E-state index contributed by atoms with van der Waals surface area (Å²) in [5.74, 6) is 0.826.